The van der Waals surface area contributed by atoms with Crippen molar-refractivity contribution in [3.05, 3.63) is 0 Å². The maximum Gasteiger partial charge on any atom is 0.0223 e. The highest BCUT2D eigenvalue weighted by Crippen LogP contribution is 2.28. The highest BCUT2D eigenvalue weighted by molar-refractivity contribution is 4.91. The second-order valence-corrected chi connectivity index (χ2v) is 6.93. The number of fused-ring (bicyclic) bond motifs is 2. The van der Waals surface area contributed by atoms with E-state index in [1.54, 1.807) is 0 Å². The van der Waals surface area contributed by atoms with E-state index < -0.39 is 0 Å². The van der Waals surface area contributed by atoms with E-state index in [4.69, 9.17) is 0 Å². The summed E-state index contributed by atoms with van der Waals surface area (Å²) in [6.07, 6.45) is 11.3. The predicted octanol–water partition coefficient (Wildman–Crippen LogP) is 2.08. The van der Waals surface area contributed by atoms with E-state index in [0.29, 0.717) is 0 Å². The highest BCUT2D eigenvalue weighted by atomic mass is 15.3. The number of piperidine rings is 1. The zero-order chi connectivity index (χ0) is 13.1. The molecule has 3 heterocycles. The average Bonchev–Trinajstić information content (AvgIpc) is 2.68. The van der Waals surface area contributed by atoms with Gasteiger partial charge < -0.3 is 10.2 Å². The molecule has 3 unspecified atom stereocenters. The van der Waals surface area contributed by atoms with Gasteiger partial charge in [0.25, 0.3) is 0 Å². The van der Waals surface area contributed by atoms with E-state index >= 15 is 0 Å². The fraction of sp³-hybridized carbons (Fsp3) is 1.00. The Morgan fingerprint density at radius 3 is 2.79 bits per heavy atom. The summed E-state index contributed by atoms with van der Waals surface area (Å²) in [6.45, 7) is 5.24. The molecule has 0 aromatic rings. The summed E-state index contributed by atoms with van der Waals surface area (Å²) in [7, 11) is 2.35. The minimum Gasteiger partial charge on any atom is -0.314 e. The van der Waals surface area contributed by atoms with Crippen molar-refractivity contribution in [2.75, 3.05) is 33.2 Å². The monoisotopic (exact) mass is 265 g/mol. The van der Waals surface area contributed by atoms with Crippen LogP contribution in [0.3, 0.4) is 0 Å². The number of hydrogen-bond donors (Lipinski definition) is 1. The SMILES string of the molecule is CN1C2CCC1CN(CCCC1CCCCN1)CC2. The highest BCUT2D eigenvalue weighted by Gasteiger charge is 2.34. The van der Waals surface area contributed by atoms with Crippen LogP contribution in [-0.4, -0.2) is 61.2 Å². The predicted molar refractivity (Wildman–Crippen MR) is 80.5 cm³/mol. The molecule has 0 radical (unpaired) electrons. The Labute approximate surface area is 118 Å². The second-order valence-electron chi connectivity index (χ2n) is 6.93. The van der Waals surface area contributed by atoms with E-state index in [1.165, 1.54) is 77.5 Å². The lowest BCUT2D eigenvalue weighted by Gasteiger charge is -2.27. The van der Waals surface area contributed by atoms with Gasteiger partial charge in [-0.2, -0.15) is 0 Å². The molecule has 3 saturated heterocycles. The van der Waals surface area contributed by atoms with Crippen molar-refractivity contribution >= 4 is 0 Å². The van der Waals surface area contributed by atoms with Gasteiger partial charge in [-0.15, -0.1) is 0 Å². The van der Waals surface area contributed by atoms with Gasteiger partial charge in [0.05, 0.1) is 0 Å². The molecule has 110 valence electrons. The van der Waals surface area contributed by atoms with Gasteiger partial charge in [0.2, 0.25) is 0 Å². The van der Waals surface area contributed by atoms with Crippen molar-refractivity contribution in [2.24, 2.45) is 0 Å². The fourth-order valence-electron chi connectivity index (χ4n) is 4.31. The summed E-state index contributed by atoms with van der Waals surface area (Å²) >= 11 is 0. The van der Waals surface area contributed by atoms with E-state index in [9.17, 15) is 0 Å². The molecule has 0 amide bonds. The number of likely N-dealkylation sites (tertiary alicyclic amines) is 1. The zero-order valence-electron chi connectivity index (χ0n) is 12.6. The maximum absolute atomic E-state index is 3.68. The fourth-order valence-corrected chi connectivity index (χ4v) is 4.31. The average molecular weight is 265 g/mol. The third-order valence-corrected chi connectivity index (χ3v) is 5.67. The molecule has 0 spiro atoms. The molecule has 3 atom stereocenters. The molecule has 2 bridgehead atoms. The summed E-state index contributed by atoms with van der Waals surface area (Å²) in [5, 5.41) is 3.68. The van der Waals surface area contributed by atoms with Crippen LogP contribution in [0.25, 0.3) is 0 Å². The molecule has 3 heteroatoms. The Balaban J connectivity index is 1.38. The van der Waals surface area contributed by atoms with Gasteiger partial charge in [-0.25, -0.2) is 0 Å². The van der Waals surface area contributed by atoms with Crippen LogP contribution in [0.15, 0.2) is 0 Å². The molecule has 0 aliphatic carbocycles. The van der Waals surface area contributed by atoms with Gasteiger partial charge in [0, 0.05) is 24.7 Å². The van der Waals surface area contributed by atoms with Crippen LogP contribution in [0.2, 0.25) is 0 Å². The smallest absolute Gasteiger partial charge is 0.0223 e. The number of nitrogens with zero attached hydrogens (tertiary/aromatic N) is 2. The van der Waals surface area contributed by atoms with Gasteiger partial charge >= 0.3 is 0 Å². The first-order valence-corrected chi connectivity index (χ1v) is 8.50. The first-order chi connectivity index (χ1) is 9.33. The Morgan fingerprint density at radius 1 is 1.05 bits per heavy atom. The number of rotatable bonds is 4. The molecule has 1 N–H and O–H groups in total. The zero-order valence-corrected chi connectivity index (χ0v) is 12.6. The van der Waals surface area contributed by atoms with Crippen molar-refractivity contribution < 1.29 is 0 Å². The Bertz CT molecular complexity index is 275. The quantitative estimate of drug-likeness (QED) is 0.839. The lowest BCUT2D eigenvalue weighted by atomic mass is 10.0. The topological polar surface area (TPSA) is 18.5 Å². The van der Waals surface area contributed by atoms with E-state index in [-0.39, 0.29) is 0 Å². The third kappa shape index (κ3) is 3.50. The van der Waals surface area contributed by atoms with Gasteiger partial charge in [-0.3, -0.25) is 4.90 Å². The largest absolute Gasteiger partial charge is 0.314 e. The molecular weight excluding hydrogens is 234 g/mol. The number of likely N-dealkylation sites (N-methyl/N-ethyl adjacent to an activating group) is 1. The molecule has 0 aromatic heterocycles. The molecular formula is C16H31N3. The molecule has 3 aliphatic heterocycles. The van der Waals surface area contributed by atoms with Crippen LogP contribution in [-0.2, 0) is 0 Å². The van der Waals surface area contributed by atoms with Crippen molar-refractivity contribution in [1.82, 2.24) is 15.1 Å². The molecule has 3 rings (SSSR count). The van der Waals surface area contributed by atoms with Crippen molar-refractivity contribution in [3.63, 3.8) is 0 Å². The summed E-state index contributed by atoms with van der Waals surface area (Å²) in [5.74, 6) is 0. The van der Waals surface area contributed by atoms with Crippen molar-refractivity contribution in [2.45, 2.75) is 69.5 Å². The van der Waals surface area contributed by atoms with Gasteiger partial charge in [0.1, 0.15) is 0 Å². The van der Waals surface area contributed by atoms with Crippen LogP contribution in [0.4, 0.5) is 0 Å². The first-order valence-electron chi connectivity index (χ1n) is 8.50. The molecule has 3 nitrogen and oxygen atoms in total. The van der Waals surface area contributed by atoms with Crippen LogP contribution >= 0.6 is 0 Å². The first kappa shape index (κ1) is 13.8. The Hall–Kier alpha value is -0.120. The maximum atomic E-state index is 3.68. The molecule has 0 aromatic carbocycles. The Morgan fingerprint density at radius 2 is 1.95 bits per heavy atom. The Kier molecular flexibility index (Phi) is 4.78. The van der Waals surface area contributed by atoms with Crippen molar-refractivity contribution in [3.8, 4) is 0 Å². The van der Waals surface area contributed by atoms with Gasteiger partial charge in [0.15, 0.2) is 0 Å². The molecule has 3 aliphatic rings. The summed E-state index contributed by atoms with van der Waals surface area (Å²) < 4.78 is 0. The summed E-state index contributed by atoms with van der Waals surface area (Å²) in [4.78, 5) is 5.39. The third-order valence-electron chi connectivity index (χ3n) is 5.67. The summed E-state index contributed by atoms with van der Waals surface area (Å²) in [6, 6.07) is 2.55. The van der Waals surface area contributed by atoms with Gasteiger partial charge in [-0.05, 0) is 71.6 Å². The number of hydrogen-bond acceptors (Lipinski definition) is 3. The molecule has 0 saturated carbocycles. The summed E-state index contributed by atoms with van der Waals surface area (Å²) in [5.41, 5.74) is 0. The van der Waals surface area contributed by atoms with E-state index in [0.717, 1.165) is 18.1 Å². The molecule has 3 fully saturated rings. The van der Waals surface area contributed by atoms with Gasteiger partial charge in [-0.1, -0.05) is 6.42 Å². The molecule has 19 heavy (non-hydrogen) atoms. The van der Waals surface area contributed by atoms with Crippen LogP contribution in [0.5, 0.6) is 0 Å². The van der Waals surface area contributed by atoms with Crippen molar-refractivity contribution in [1.29, 1.82) is 0 Å². The second kappa shape index (κ2) is 6.55. The van der Waals surface area contributed by atoms with E-state index in [1.807, 2.05) is 0 Å². The lowest BCUT2D eigenvalue weighted by molar-refractivity contribution is 0.214. The van der Waals surface area contributed by atoms with E-state index in [2.05, 4.69) is 22.2 Å². The van der Waals surface area contributed by atoms with Crippen LogP contribution in [0, 0.1) is 0 Å². The lowest BCUT2D eigenvalue weighted by Crippen LogP contribution is -2.38. The standard InChI is InChI=1S/C16H31N3/c1-18-15-7-8-16(18)13-19(12-9-15)11-4-6-14-5-2-3-10-17-14/h14-17H,2-13H2,1H3. The minimum absolute atomic E-state index is 0.819. The number of nitrogens with one attached hydrogen (secondary N) is 1. The van der Waals surface area contributed by atoms with Crippen LogP contribution in [0.1, 0.15) is 51.4 Å². The normalized spacial score (nSPS) is 37.4. The minimum atomic E-state index is 0.819. The van der Waals surface area contributed by atoms with Crippen LogP contribution < -0.4 is 5.32 Å².